The Morgan fingerprint density at radius 3 is 2.28 bits per heavy atom. The highest BCUT2D eigenvalue weighted by atomic mass is 19.4. The number of aromatic hydroxyl groups is 1. The van der Waals surface area contributed by atoms with Gasteiger partial charge in [-0.2, -0.15) is 13.2 Å². The van der Waals surface area contributed by atoms with Crippen LogP contribution in [0.5, 0.6) is 5.88 Å². The Kier molecular flexibility index (Phi) is 8.51. The van der Waals surface area contributed by atoms with Crippen LogP contribution in [0.1, 0.15) is 21.5 Å². The van der Waals surface area contributed by atoms with Crippen molar-refractivity contribution in [1.29, 1.82) is 0 Å². The molecule has 0 spiro atoms. The highest BCUT2D eigenvalue weighted by Crippen LogP contribution is 2.32. The van der Waals surface area contributed by atoms with Crippen molar-refractivity contribution < 1.29 is 32.6 Å². The summed E-state index contributed by atoms with van der Waals surface area (Å²) in [5, 5.41) is 11.6. The molecule has 2 N–H and O–H groups in total. The maximum absolute atomic E-state index is 12.9. The lowest BCUT2D eigenvalue weighted by Crippen LogP contribution is -2.53. The number of benzene rings is 3. The Balaban J connectivity index is 1.38. The molecule has 0 radical (unpaired) electrons. The molecule has 43 heavy (non-hydrogen) atoms. The molecule has 1 amide bonds. The molecule has 1 fully saturated rings. The van der Waals surface area contributed by atoms with Gasteiger partial charge in [0.25, 0.3) is 0 Å². The van der Waals surface area contributed by atoms with Crippen LogP contribution in [-0.2, 0) is 9.53 Å². The SMILES string of the molecule is COC(=O)c1ccc2c(C(=Nc3ccc(N(C)C(=O)CN4CCN(C(F)(F)F)CC4)cc3)c3ccccc3)c(O)[nH]c2c1. The molecule has 0 bridgehead atoms. The van der Waals surface area contributed by atoms with Crippen LogP contribution < -0.4 is 4.90 Å². The summed E-state index contributed by atoms with van der Waals surface area (Å²) in [5.74, 6) is -0.851. The molecule has 1 aromatic heterocycles. The highest BCUT2D eigenvalue weighted by molar-refractivity contribution is 6.22. The Bertz CT molecular complexity index is 1640. The number of nitrogens with one attached hydrogen (secondary N) is 1. The summed E-state index contributed by atoms with van der Waals surface area (Å²) in [6, 6.07) is 21.2. The third-order valence-corrected chi connectivity index (χ3v) is 7.43. The number of fused-ring (bicyclic) bond motifs is 1. The van der Waals surface area contributed by atoms with Crippen molar-refractivity contribution in [3.8, 4) is 5.88 Å². The number of alkyl halides is 3. The second-order valence-corrected chi connectivity index (χ2v) is 10.1. The van der Waals surface area contributed by atoms with Gasteiger partial charge >= 0.3 is 12.3 Å². The molecular weight excluding hydrogens is 563 g/mol. The van der Waals surface area contributed by atoms with E-state index in [4.69, 9.17) is 9.73 Å². The molecule has 1 aliphatic rings. The second-order valence-electron chi connectivity index (χ2n) is 10.1. The van der Waals surface area contributed by atoms with Gasteiger partial charge in [-0.3, -0.25) is 9.69 Å². The fraction of sp³-hybridized carbons (Fsp3) is 0.258. The van der Waals surface area contributed by atoms with E-state index in [0.717, 1.165) is 5.56 Å². The molecule has 9 nitrogen and oxygen atoms in total. The first-order chi connectivity index (χ1) is 20.5. The van der Waals surface area contributed by atoms with Gasteiger partial charge in [0.05, 0.1) is 36.2 Å². The number of methoxy groups -OCH3 is 1. The van der Waals surface area contributed by atoms with Crippen LogP contribution in [0.15, 0.2) is 77.8 Å². The zero-order valence-electron chi connectivity index (χ0n) is 23.6. The van der Waals surface area contributed by atoms with Crippen LogP contribution in [0.3, 0.4) is 0 Å². The summed E-state index contributed by atoms with van der Waals surface area (Å²) < 4.78 is 43.5. The zero-order chi connectivity index (χ0) is 30.7. The van der Waals surface area contributed by atoms with Crippen molar-refractivity contribution in [2.24, 2.45) is 4.99 Å². The van der Waals surface area contributed by atoms with Gasteiger partial charge in [-0.25, -0.2) is 14.7 Å². The van der Waals surface area contributed by atoms with Gasteiger partial charge in [0.15, 0.2) is 5.88 Å². The first-order valence-electron chi connectivity index (χ1n) is 13.5. The molecule has 0 atom stereocenters. The number of nitrogens with zero attached hydrogens (tertiary/aromatic N) is 4. The van der Waals surface area contributed by atoms with Crippen LogP contribution in [0.25, 0.3) is 10.9 Å². The maximum Gasteiger partial charge on any atom is 0.460 e. The molecule has 1 saturated heterocycles. The van der Waals surface area contributed by atoms with Crippen molar-refractivity contribution in [3.05, 3.63) is 89.5 Å². The number of ether oxygens (including phenoxy) is 1. The van der Waals surface area contributed by atoms with Crippen molar-refractivity contribution >= 4 is 39.9 Å². The van der Waals surface area contributed by atoms with Gasteiger partial charge in [0.2, 0.25) is 5.91 Å². The first kappa shape index (κ1) is 29.8. The number of aromatic amines is 1. The monoisotopic (exact) mass is 593 g/mol. The molecule has 224 valence electrons. The largest absolute Gasteiger partial charge is 0.494 e. The van der Waals surface area contributed by atoms with Crippen LogP contribution in [-0.4, -0.2) is 90.7 Å². The van der Waals surface area contributed by atoms with Crippen LogP contribution in [0, 0.1) is 0 Å². The lowest BCUT2D eigenvalue weighted by Gasteiger charge is -2.35. The number of likely N-dealkylation sites (N-methyl/N-ethyl adjacent to an activating group) is 1. The molecule has 5 rings (SSSR count). The molecule has 3 aromatic carbocycles. The normalized spacial score (nSPS) is 15.0. The molecule has 2 heterocycles. The van der Waals surface area contributed by atoms with Gasteiger partial charge in [-0.15, -0.1) is 0 Å². The first-order valence-corrected chi connectivity index (χ1v) is 13.5. The molecule has 4 aromatic rings. The molecule has 0 saturated carbocycles. The van der Waals surface area contributed by atoms with E-state index in [0.29, 0.717) is 44.0 Å². The minimum atomic E-state index is -4.36. The van der Waals surface area contributed by atoms with Gasteiger partial charge < -0.3 is 19.7 Å². The summed E-state index contributed by atoms with van der Waals surface area (Å²) in [7, 11) is 2.92. The van der Waals surface area contributed by atoms with E-state index in [9.17, 15) is 27.9 Å². The number of rotatable bonds is 7. The number of carbonyl (C=O) groups is 2. The Hall–Kier alpha value is -4.68. The zero-order valence-corrected chi connectivity index (χ0v) is 23.6. The van der Waals surface area contributed by atoms with Crippen molar-refractivity contribution in [2.75, 3.05) is 51.8 Å². The van der Waals surface area contributed by atoms with Crippen molar-refractivity contribution in [3.63, 3.8) is 0 Å². The smallest absolute Gasteiger partial charge is 0.460 e. The van der Waals surface area contributed by atoms with E-state index in [1.54, 1.807) is 54.4 Å². The Morgan fingerprint density at radius 1 is 0.977 bits per heavy atom. The van der Waals surface area contributed by atoms with E-state index in [1.165, 1.54) is 12.0 Å². The number of hydrogen-bond acceptors (Lipinski definition) is 7. The maximum atomic E-state index is 12.9. The van der Waals surface area contributed by atoms with E-state index >= 15 is 0 Å². The lowest BCUT2D eigenvalue weighted by atomic mass is 10.00. The fourth-order valence-corrected chi connectivity index (χ4v) is 5.01. The number of anilines is 1. The van der Waals surface area contributed by atoms with Crippen LogP contribution in [0.4, 0.5) is 24.5 Å². The van der Waals surface area contributed by atoms with Crippen LogP contribution >= 0.6 is 0 Å². The summed E-state index contributed by atoms with van der Waals surface area (Å²) in [5.41, 5.74) is 3.73. The second kappa shape index (κ2) is 12.3. The van der Waals surface area contributed by atoms with E-state index in [2.05, 4.69) is 4.98 Å². The van der Waals surface area contributed by atoms with Crippen LogP contribution in [0.2, 0.25) is 0 Å². The number of hydrogen-bond donors (Lipinski definition) is 2. The number of aromatic nitrogens is 1. The Morgan fingerprint density at radius 2 is 1.65 bits per heavy atom. The standard InChI is InChI=1S/C31H30F3N5O4/c1-37(26(40)19-38-14-16-39(17-15-38)31(32,33)34)23-11-9-22(10-12-23)35-28(20-6-4-3-5-7-20)27-24-13-8-21(30(42)43-2)18-25(24)36-29(27)41/h3-13,18,36,41H,14-17,19H2,1-2H3. The number of amides is 1. The minimum Gasteiger partial charge on any atom is -0.494 e. The number of aliphatic imine (C=N–C) groups is 1. The third-order valence-electron chi connectivity index (χ3n) is 7.43. The number of esters is 1. The highest BCUT2D eigenvalue weighted by Gasteiger charge is 2.39. The van der Waals surface area contributed by atoms with Crippen molar-refractivity contribution in [1.82, 2.24) is 14.8 Å². The van der Waals surface area contributed by atoms with E-state index in [-0.39, 0.29) is 44.5 Å². The predicted octanol–water partition coefficient (Wildman–Crippen LogP) is 4.93. The molecule has 0 aliphatic carbocycles. The third kappa shape index (κ3) is 6.55. The predicted molar refractivity (Wildman–Crippen MR) is 157 cm³/mol. The summed E-state index contributed by atoms with van der Waals surface area (Å²) in [4.78, 5) is 36.3. The molecule has 12 heteroatoms. The molecule has 1 aliphatic heterocycles. The summed E-state index contributed by atoms with van der Waals surface area (Å²) in [6.45, 7) is -0.0259. The quantitative estimate of drug-likeness (QED) is 0.179. The van der Waals surface area contributed by atoms with Gasteiger partial charge in [-0.05, 0) is 36.4 Å². The van der Waals surface area contributed by atoms with Gasteiger partial charge in [-0.1, -0.05) is 36.4 Å². The minimum absolute atomic E-state index is 0.0117. The van der Waals surface area contributed by atoms with E-state index in [1.807, 2.05) is 30.3 Å². The summed E-state index contributed by atoms with van der Waals surface area (Å²) in [6.07, 6.45) is -4.36. The van der Waals surface area contributed by atoms with Crippen molar-refractivity contribution in [2.45, 2.75) is 6.30 Å². The summed E-state index contributed by atoms with van der Waals surface area (Å²) >= 11 is 0. The topological polar surface area (TPSA) is 101 Å². The van der Waals surface area contributed by atoms with Gasteiger partial charge in [0, 0.05) is 55.4 Å². The fourth-order valence-electron chi connectivity index (χ4n) is 5.01. The number of piperazine rings is 1. The Labute approximate surface area is 245 Å². The molecular formula is C31H30F3N5O4. The lowest BCUT2D eigenvalue weighted by molar-refractivity contribution is -0.252. The average Bonchev–Trinajstić information content (AvgIpc) is 3.34. The average molecular weight is 594 g/mol. The number of carbonyl (C=O) groups excluding carboxylic acids is 2. The number of H-pyrrole nitrogens is 1. The number of halogens is 3. The molecule has 0 unspecified atom stereocenters. The van der Waals surface area contributed by atoms with E-state index < -0.39 is 12.3 Å². The van der Waals surface area contributed by atoms with Gasteiger partial charge in [0.1, 0.15) is 0 Å².